The van der Waals surface area contributed by atoms with Crippen LogP contribution in [0.5, 0.6) is 0 Å². The Kier molecular flexibility index (Phi) is 4.76. The number of hydrogen-bond acceptors (Lipinski definition) is 4. The average molecular weight is 386 g/mol. The second-order valence-electron chi connectivity index (χ2n) is 6.64. The van der Waals surface area contributed by atoms with Gasteiger partial charge in [-0.2, -0.15) is 5.26 Å². The molecule has 28 heavy (non-hydrogen) atoms. The van der Waals surface area contributed by atoms with E-state index in [9.17, 15) is 4.79 Å². The van der Waals surface area contributed by atoms with Crippen LogP contribution in [0.2, 0.25) is 0 Å². The Balaban J connectivity index is 1.67. The van der Waals surface area contributed by atoms with Gasteiger partial charge in [-0.3, -0.25) is 4.79 Å². The van der Waals surface area contributed by atoms with E-state index in [1.807, 2.05) is 66.2 Å². The highest BCUT2D eigenvalue weighted by atomic mass is 32.2. The van der Waals surface area contributed by atoms with Gasteiger partial charge in [0.05, 0.1) is 16.7 Å². The van der Waals surface area contributed by atoms with Crippen molar-refractivity contribution >= 4 is 45.5 Å². The SMILES string of the molecule is Cc1ccc(N=C2NC(=O)C(=Cc3cn(CC#N)c4ccccc34)S2)cc1C. The number of thioether (sulfide) groups is 1. The summed E-state index contributed by atoms with van der Waals surface area (Å²) < 4.78 is 1.89. The molecule has 0 aliphatic carbocycles. The van der Waals surface area contributed by atoms with Crippen molar-refractivity contribution in [2.24, 2.45) is 4.99 Å². The van der Waals surface area contributed by atoms with E-state index in [0.717, 1.165) is 27.7 Å². The van der Waals surface area contributed by atoms with Crippen LogP contribution < -0.4 is 5.32 Å². The maximum atomic E-state index is 12.4. The van der Waals surface area contributed by atoms with Crippen molar-refractivity contribution in [2.75, 3.05) is 0 Å². The summed E-state index contributed by atoms with van der Waals surface area (Å²) in [6.45, 7) is 4.37. The number of nitrogens with one attached hydrogen (secondary N) is 1. The van der Waals surface area contributed by atoms with Gasteiger partial charge >= 0.3 is 0 Å². The number of nitriles is 1. The van der Waals surface area contributed by atoms with Crippen molar-refractivity contribution < 1.29 is 4.79 Å². The summed E-state index contributed by atoms with van der Waals surface area (Å²) in [6, 6.07) is 16.0. The molecule has 0 atom stereocenters. The third-order valence-corrected chi connectivity index (χ3v) is 5.63. The van der Waals surface area contributed by atoms with Crippen LogP contribution in [-0.2, 0) is 11.3 Å². The zero-order chi connectivity index (χ0) is 19.7. The number of benzene rings is 2. The molecule has 5 nitrogen and oxygen atoms in total. The third-order valence-electron chi connectivity index (χ3n) is 4.72. The summed E-state index contributed by atoms with van der Waals surface area (Å²) in [6.07, 6.45) is 3.77. The second kappa shape index (κ2) is 7.37. The van der Waals surface area contributed by atoms with Gasteiger partial charge in [-0.25, -0.2) is 4.99 Å². The van der Waals surface area contributed by atoms with Crippen molar-refractivity contribution in [2.45, 2.75) is 20.4 Å². The molecule has 0 radical (unpaired) electrons. The summed E-state index contributed by atoms with van der Waals surface area (Å²) in [4.78, 5) is 17.6. The van der Waals surface area contributed by atoms with E-state index in [-0.39, 0.29) is 12.5 Å². The number of carbonyl (C=O) groups is 1. The average Bonchev–Trinajstić information content (AvgIpc) is 3.20. The van der Waals surface area contributed by atoms with E-state index in [2.05, 4.69) is 23.3 Å². The summed E-state index contributed by atoms with van der Waals surface area (Å²) >= 11 is 1.33. The number of aliphatic imine (C=N–C) groups is 1. The number of amidine groups is 1. The number of carbonyl (C=O) groups excluding carboxylic acids is 1. The van der Waals surface area contributed by atoms with Crippen LogP contribution in [0.15, 0.2) is 58.6 Å². The lowest BCUT2D eigenvalue weighted by Gasteiger charge is -2.01. The Hall–Kier alpha value is -3.30. The molecule has 138 valence electrons. The van der Waals surface area contributed by atoms with Gasteiger partial charge in [0.15, 0.2) is 5.17 Å². The number of rotatable bonds is 3. The summed E-state index contributed by atoms with van der Waals surface area (Å²) in [5.74, 6) is -0.162. The summed E-state index contributed by atoms with van der Waals surface area (Å²) in [7, 11) is 0. The fourth-order valence-corrected chi connectivity index (χ4v) is 3.96. The minimum Gasteiger partial charge on any atom is -0.333 e. The maximum absolute atomic E-state index is 12.4. The summed E-state index contributed by atoms with van der Waals surface area (Å²) in [5.41, 5.74) is 5.08. The smallest absolute Gasteiger partial charge is 0.264 e. The molecule has 1 N–H and O–H groups in total. The van der Waals surface area contributed by atoms with E-state index < -0.39 is 0 Å². The Bertz CT molecular complexity index is 1200. The van der Waals surface area contributed by atoms with Crippen molar-refractivity contribution in [1.29, 1.82) is 5.26 Å². The van der Waals surface area contributed by atoms with Gasteiger partial charge in [0.2, 0.25) is 0 Å². The minimum absolute atomic E-state index is 0.162. The highest BCUT2D eigenvalue weighted by molar-refractivity contribution is 8.18. The Morgan fingerprint density at radius 3 is 2.82 bits per heavy atom. The maximum Gasteiger partial charge on any atom is 0.264 e. The van der Waals surface area contributed by atoms with Crippen LogP contribution in [0.3, 0.4) is 0 Å². The van der Waals surface area contributed by atoms with Crippen molar-refractivity contribution in [3.8, 4) is 6.07 Å². The first kappa shape index (κ1) is 18.1. The largest absolute Gasteiger partial charge is 0.333 e. The molecule has 6 heteroatoms. The van der Waals surface area contributed by atoms with Crippen molar-refractivity contribution in [1.82, 2.24) is 9.88 Å². The highest BCUT2D eigenvalue weighted by Crippen LogP contribution is 2.31. The Morgan fingerprint density at radius 2 is 2.04 bits per heavy atom. The van der Waals surface area contributed by atoms with E-state index in [1.165, 1.54) is 17.3 Å². The lowest BCUT2D eigenvalue weighted by Crippen LogP contribution is -2.19. The molecule has 1 amide bonds. The normalized spacial score (nSPS) is 16.7. The van der Waals surface area contributed by atoms with Crippen LogP contribution in [0.1, 0.15) is 16.7 Å². The standard InChI is InChI=1S/C22H18N4OS/c1-14-7-8-17(11-15(14)2)24-22-25-21(27)20(28-22)12-16-13-26(10-9-23)19-6-4-3-5-18(16)19/h3-8,11-13H,10H2,1-2H3,(H,24,25,27). The number of amides is 1. The van der Waals surface area contributed by atoms with Gasteiger partial charge < -0.3 is 9.88 Å². The zero-order valence-electron chi connectivity index (χ0n) is 15.6. The van der Waals surface area contributed by atoms with Gasteiger partial charge in [0, 0.05) is 22.7 Å². The van der Waals surface area contributed by atoms with Gasteiger partial charge in [-0.1, -0.05) is 24.3 Å². The molecular formula is C22H18N4OS. The van der Waals surface area contributed by atoms with E-state index in [0.29, 0.717) is 10.1 Å². The molecule has 0 bridgehead atoms. The van der Waals surface area contributed by atoms with E-state index >= 15 is 0 Å². The first-order chi connectivity index (χ1) is 13.5. The topological polar surface area (TPSA) is 70.2 Å². The summed E-state index contributed by atoms with van der Waals surface area (Å²) in [5, 5.41) is 13.5. The number of hydrogen-bond donors (Lipinski definition) is 1. The fourth-order valence-electron chi connectivity index (χ4n) is 3.13. The molecule has 2 aromatic carbocycles. The number of fused-ring (bicyclic) bond motifs is 1. The van der Waals surface area contributed by atoms with Crippen molar-refractivity contribution in [3.05, 3.63) is 70.3 Å². The van der Waals surface area contributed by atoms with Crippen LogP contribution in [-0.4, -0.2) is 15.6 Å². The molecule has 1 saturated heterocycles. The first-order valence-corrected chi connectivity index (χ1v) is 9.68. The third kappa shape index (κ3) is 3.45. The molecule has 0 spiro atoms. The fraction of sp³-hybridized carbons (Fsp3) is 0.136. The lowest BCUT2D eigenvalue weighted by atomic mass is 10.1. The second-order valence-corrected chi connectivity index (χ2v) is 7.67. The molecule has 2 heterocycles. The quantitative estimate of drug-likeness (QED) is 0.665. The predicted molar refractivity (Wildman–Crippen MR) is 114 cm³/mol. The molecule has 1 fully saturated rings. The van der Waals surface area contributed by atoms with Gasteiger partial charge in [0.25, 0.3) is 5.91 Å². The van der Waals surface area contributed by atoms with Gasteiger partial charge in [0.1, 0.15) is 6.54 Å². The van der Waals surface area contributed by atoms with Crippen LogP contribution in [0, 0.1) is 25.2 Å². The molecule has 0 saturated carbocycles. The van der Waals surface area contributed by atoms with Crippen LogP contribution in [0.4, 0.5) is 5.69 Å². The molecule has 3 aromatic rings. The number of aromatic nitrogens is 1. The number of nitrogens with zero attached hydrogens (tertiary/aromatic N) is 3. The highest BCUT2D eigenvalue weighted by Gasteiger charge is 2.24. The molecule has 0 unspecified atom stereocenters. The van der Waals surface area contributed by atoms with Gasteiger partial charge in [-0.15, -0.1) is 0 Å². The number of para-hydroxylation sites is 1. The number of aryl methyl sites for hydroxylation is 2. The van der Waals surface area contributed by atoms with Crippen LogP contribution in [0.25, 0.3) is 17.0 Å². The van der Waals surface area contributed by atoms with Crippen LogP contribution >= 0.6 is 11.8 Å². The van der Waals surface area contributed by atoms with E-state index in [4.69, 9.17) is 5.26 Å². The predicted octanol–water partition coefficient (Wildman–Crippen LogP) is 4.67. The van der Waals surface area contributed by atoms with Gasteiger partial charge in [-0.05, 0) is 61.0 Å². The monoisotopic (exact) mass is 386 g/mol. The first-order valence-electron chi connectivity index (χ1n) is 8.87. The van der Waals surface area contributed by atoms with Crippen molar-refractivity contribution in [3.63, 3.8) is 0 Å². The van der Waals surface area contributed by atoms with E-state index in [1.54, 1.807) is 0 Å². The molecule has 1 aliphatic rings. The molecule has 4 rings (SSSR count). The molecular weight excluding hydrogens is 368 g/mol. The zero-order valence-corrected chi connectivity index (χ0v) is 16.4. The Labute approximate surface area is 167 Å². The lowest BCUT2D eigenvalue weighted by molar-refractivity contribution is -0.115. The minimum atomic E-state index is -0.162. The Morgan fingerprint density at radius 1 is 1.21 bits per heavy atom. The molecule has 1 aromatic heterocycles. The molecule has 1 aliphatic heterocycles.